The minimum absolute atomic E-state index is 0.0349. The van der Waals surface area contributed by atoms with E-state index in [2.05, 4.69) is 12.2 Å². The fourth-order valence-electron chi connectivity index (χ4n) is 2.05. The zero-order chi connectivity index (χ0) is 15.8. The maximum atomic E-state index is 11.7. The van der Waals surface area contributed by atoms with Crippen LogP contribution in [0.2, 0.25) is 0 Å². The van der Waals surface area contributed by atoms with Crippen LogP contribution in [-0.4, -0.2) is 19.1 Å². The molecule has 0 heterocycles. The van der Waals surface area contributed by atoms with Gasteiger partial charge in [-0.05, 0) is 48.2 Å². The predicted octanol–water partition coefficient (Wildman–Crippen LogP) is 2.57. The van der Waals surface area contributed by atoms with Gasteiger partial charge < -0.3 is 15.8 Å². The summed E-state index contributed by atoms with van der Waals surface area (Å²) in [7, 11) is 0. The van der Waals surface area contributed by atoms with Crippen LogP contribution in [0.1, 0.15) is 18.1 Å². The molecule has 2 aromatic carbocycles. The molecule has 2 rings (SSSR count). The molecule has 0 fully saturated rings. The zero-order valence-electron chi connectivity index (χ0n) is 12.8. The third kappa shape index (κ3) is 5.13. The molecule has 0 aromatic heterocycles. The molecule has 0 aliphatic rings. The van der Waals surface area contributed by atoms with Crippen LogP contribution in [0.25, 0.3) is 0 Å². The number of rotatable bonds is 7. The molecule has 0 unspecified atom stereocenters. The van der Waals surface area contributed by atoms with E-state index in [9.17, 15) is 4.79 Å². The lowest BCUT2D eigenvalue weighted by Crippen LogP contribution is -2.30. The summed E-state index contributed by atoms with van der Waals surface area (Å²) < 4.78 is 5.46. The zero-order valence-corrected chi connectivity index (χ0v) is 12.8. The maximum Gasteiger partial charge on any atom is 0.257 e. The van der Waals surface area contributed by atoms with Crippen LogP contribution in [-0.2, 0) is 17.6 Å². The normalized spacial score (nSPS) is 10.2. The van der Waals surface area contributed by atoms with E-state index in [0.29, 0.717) is 12.3 Å². The van der Waals surface area contributed by atoms with Gasteiger partial charge in [0.1, 0.15) is 5.75 Å². The monoisotopic (exact) mass is 298 g/mol. The molecular weight excluding hydrogens is 276 g/mol. The largest absolute Gasteiger partial charge is 0.484 e. The Labute approximate surface area is 131 Å². The number of nitrogen functional groups attached to an aromatic ring is 1. The van der Waals surface area contributed by atoms with Crippen LogP contribution in [0.3, 0.4) is 0 Å². The molecule has 1 amide bonds. The second kappa shape index (κ2) is 8.08. The highest BCUT2D eigenvalue weighted by Gasteiger charge is 2.02. The summed E-state index contributed by atoms with van der Waals surface area (Å²) in [6.07, 6.45) is 1.77. The molecule has 0 aliphatic heterocycles. The van der Waals surface area contributed by atoms with E-state index in [1.54, 1.807) is 0 Å². The lowest BCUT2D eigenvalue weighted by atomic mass is 10.1. The molecule has 0 saturated heterocycles. The SMILES string of the molecule is CCc1ccc(OCC(=O)NCCc2ccc(N)cc2)cc1. The Morgan fingerprint density at radius 2 is 1.68 bits per heavy atom. The van der Waals surface area contributed by atoms with E-state index >= 15 is 0 Å². The van der Waals surface area contributed by atoms with E-state index in [1.807, 2.05) is 48.5 Å². The van der Waals surface area contributed by atoms with Gasteiger partial charge in [0, 0.05) is 12.2 Å². The summed E-state index contributed by atoms with van der Waals surface area (Å²) in [5, 5.41) is 2.84. The van der Waals surface area contributed by atoms with Gasteiger partial charge >= 0.3 is 0 Å². The summed E-state index contributed by atoms with van der Waals surface area (Å²) in [6, 6.07) is 15.4. The van der Waals surface area contributed by atoms with Gasteiger partial charge in [0.15, 0.2) is 6.61 Å². The first-order chi connectivity index (χ1) is 10.7. The first-order valence-electron chi connectivity index (χ1n) is 7.50. The Morgan fingerprint density at radius 1 is 1.05 bits per heavy atom. The summed E-state index contributed by atoms with van der Waals surface area (Å²) in [5.74, 6) is 0.598. The highest BCUT2D eigenvalue weighted by atomic mass is 16.5. The van der Waals surface area contributed by atoms with Crippen LogP contribution in [0.15, 0.2) is 48.5 Å². The third-order valence-corrected chi connectivity index (χ3v) is 3.42. The van der Waals surface area contributed by atoms with E-state index < -0.39 is 0 Å². The second-order valence-corrected chi connectivity index (χ2v) is 5.13. The van der Waals surface area contributed by atoms with Gasteiger partial charge in [0.05, 0.1) is 0 Å². The number of nitrogens with two attached hydrogens (primary N) is 1. The fraction of sp³-hybridized carbons (Fsp3) is 0.278. The number of benzene rings is 2. The number of nitrogens with one attached hydrogen (secondary N) is 1. The predicted molar refractivity (Wildman–Crippen MR) is 88.9 cm³/mol. The number of aryl methyl sites for hydroxylation is 1. The Kier molecular flexibility index (Phi) is 5.83. The molecule has 116 valence electrons. The molecule has 0 bridgehead atoms. The van der Waals surface area contributed by atoms with Crippen molar-refractivity contribution in [1.82, 2.24) is 5.32 Å². The third-order valence-electron chi connectivity index (χ3n) is 3.42. The second-order valence-electron chi connectivity index (χ2n) is 5.13. The molecule has 0 spiro atoms. The topological polar surface area (TPSA) is 64.3 Å². The molecule has 0 radical (unpaired) electrons. The van der Waals surface area contributed by atoms with Crippen LogP contribution in [0, 0.1) is 0 Å². The van der Waals surface area contributed by atoms with Crippen molar-refractivity contribution in [3.63, 3.8) is 0 Å². The van der Waals surface area contributed by atoms with E-state index in [1.165, 1.54) is 5.56 Å². The quantitative estimate of drug-likeness (QED) is 0.772. The van der Waals surface area contributed by atoms with Crippen molar-refractivity contribution in [3.8, 4) is 5.75 Å². The van der Waals surface area contributed by atoms with Crippen molar-refractivity contribution >= 4 is 11.6 Å². The smallest absolute Gasteiger partial charge is 0.257 e. The Morgan fingerprint density at radius 3 is 2.32 bits per heavy atom. The molecular formula is C18H22N2O2. The van der Waals surface area contributed by atoms with Crippen LogP contribution in [0.4, 0.5) is 5.69 Å². The number of hydrogen-bond donors (Lipinski definition) is 2. The lowest BCUT2D eigenvalue weighted by molar-refractivity contribution is -0.123. The molecule has 3 N–H and O–H groups in total. The summed E-state index contributed by atoms with van der Waals surface area (Å²) in [4.78, 5) is 11.7. The number of amides is 1. The molecule has 2 aromatic rings. The van der Waals surface area contributed by atoms with Crippen molar-refractivity contribution in [3.05, 3.63) is 59.7 Å². The molecule has 22 heavy (non-hydrogen) atoms. The van der Waals surface area contributed by atoms with Crippen LogP contribution < -0.4 is 15.8 Å². The van der Waals surface area contributed by atoms with E-state index in [0.717, 1.165) is 24.1 Å². The fourth-order valence-corrected chi connectivity index (χ4v) is 2.05. The van der Waals surface area contributed by atoms with Crippen molar-refractivity contribution in [2.75, 3.05) is 18.9 Å². The maximum absolute atomic E-state index is 11.7. The minimum Gasteiger partial charge on any atom is -0.484 e. The molecule has 4 nitrogen and oxygen atoms in total. The average molecular weight is 298 g/mol. The summed E-state index contributed by atoms with van der Waals surface area (Å²) in [6.45, 7) is 2.72. The van der Waals surface area contributed by atoms with E-state index in [4.69, 9.17) is 10.5 Å². The number of anilines is 1. The van der Waals surface area contributed by atoms with Gasteiger partial charge in [-0.2, -0.15) is 0 Å². The van der Waals surface area contributed by atoms with Crippen LogP contribution >= 0.6 is 0 Å². The van der Waals surface area contributed by atoms with Gasteiger partial charge in [0.25, 0.3) is 5.91 Å². The Balaban J connectivity index is 1.68. The number of carbonyl (C=O) groups is 1. The van der Waals surface area contributed by atoms with Gasteiger partial charge in [-0.1, -0.05) is 31.2 Å². The molecule has 0 saturated carbocycles. The molecule has 0 aliphatic carbocycles. The van der Waals surface area contributed by atoms with Crippen molar-refractivity contribution < 1.29 is 9.53 Å². The highest BCUT2D eigenvalue weighted by Crippen LogP contribution is 2.12. The lowest BCUT2D eigenvalue weighted by Gasteiger charge is -2.08. The van der Waals surface area contributed by atoms with Gasteiger partial charge in [-0.15, -0.1) is 0 Å². The van der Waals surface area contributed by atoms with Crippen molar-refractivity contribution in [2.45, 2.75) is 19.8 Å². The Bertz CT molecular complexity index is 591. The number of carbonyl (C=O) groups excluding carboxylic acids is 1. The first kappa shape index (κ1) is 15.9. The van der Waals surface area contributed by atoms with Gasteiger partial charge in [0.2, 0.25) is 0 Å². The summed E-state index contributed by atoms with van der Waals surface area (Å²) in [5.41, 5.74) is 8.77. The number of ether oxygens (including phenoxy) is 1. The van der Waals surface area contributed by atoms with Crippen LogP contribution in [0.5, 0.6) is 5.75 Å². The summed E-state index contributed by atoms with van der Waals surface area (Å²) >= 11 is 0. The highest BCUT2D eigenvalue weighted by molar-refractivity contribution is 5.77. The van der Waals surface area contributed by atoms with Crippen molar-refractivity contribution in [2.24, 2.45) is 0 Å². The van der Waals surface area contributed by atoms with Crippen molar-refractivity contribution in [1.29, 1.82) is 0 Å². The molecule has 4 heteroatoms. The number of hydrogen-bond acceptors (Lipinski definition) is 3. The molecule has 0 atom stereocenters. The van der Waals surface area contributed by atoms with E-state index in [-0.39, 0.29) is 12.5 Å². The first-order valence-corrected chi connectivity index (χ1v) is 7.50. The average Bonchev–Trinajstić information content (AvgIpc) is 2.55. The standard InChI is InChI=1S/C18H22N2O2/c1-2-14-5-9-17(10-6-14)22-13-18(21)20-12-11-15-3-7-16(19)8-4-15/h3-10H,2,11-13,19H2,1H3,(H,20,21). The Hall–Kier alpha value is -2.49. The minimum atomic E-state index is -0.116. The van der Waals surface area contributed by atoms with Gasteiger partial charge in [-0.25, -0.2) is 0 Å². The van der Waals surface area contributed by atoms with Gasteiger partial charge in [-0.3, -0.25) is 4.79 Å².